The largest absolute Gasteiger partial charge is 0.443 e. The highest BCUT2D eigenvalue weighted by Crippen LogP contribution is 2.38. The van der Waals surface area contributed by atoms with Crippen molar-refractivity contribution in [1.29, 1.82) is 0 Å². The van der Waals surface area contributed by atoms with Crippen molar-refractivity contribution in [1.82, 2.24) is 9.88 Å². The second kappa shape index (κ2) is 6.40. The van der Waals surface area contributed by atoms with Gasteiger partial charge in [0.25, 0.3) is 5.69 Å². The Labute approximate surface area is 149 Å². The van der Waals surface area contributed by atoms with E-state index in [1.807, 2.05) is 0 Å². The third-order valence-electron chi connectivity index (χ3n) is 4.13. The summed E-state index contributed by atoms with van der Waals surface area (Å²) in [6.07, 6.45) is 3.22. The summed E-state index contributed by atoms with van der Waals surface area (Å²) in [5, 5.41) is 11.2. The molecule has 1 aromatic rings. The van der Waals surface area contributed by atoms with Crippen LogP contribution >= 0.6 is 0 Å². The Kier molecular flexibility index (Phi) is 4.39. The zero-order chi connectivity index (χ0) is 19.1. The Morgan fingerprint density at radius 2 is 2.19 bits per heavy atom. The van der Waals surface area contributed by atoms with Crippen LogP contribution in [0.2, 0.25) is 0 Å². The van der Waals surface area contributed by atoms with Gasteiger partial charge < -0.3 is 9.47 Å². The highest BCUT2D eigenvalue weighted by Gasteiger charge is 2.47. The van der Waals surface area contributed by atoms with Crippen LogP contribution in [0, 0.1) is 10.1 Å². The van der Waals surface area contributed by atoms with E-state index in [4.69, 9.17) is 9.47 Å². The van der Waals surface area contributed by atoms with Crippen molar-refractivity contribution in [2.45, 2.75) is 51.4 Å². The van der Waals surface area contributed by atoms with Crippen LogP contribution in [0.1, 0.15) is 39.2 Å². The molecule has 0 unspecified atom stereocenters. The maximum atomic E-state index is 12.4. The average molecular weight is 361 g/mol. The third kappa shape index (κ3) is 3.37. The van der Waals surface area contributed by atoms with E-state index in [0.29, 0.717) is 24.0 Å². The molecule has 0 spiro atoms. The van der Waals surface area contributed by atoms with Gasteiger partial charge in [0, 0.05) is 6.20 Å². The second-order valence-electron chi connectivity index (χ2n) is 7.14. The number of aromatic nitrogens is 1. The van der Waals surface area contributed by atoms with E-state index < -0.39 is 34.9 Å². The molecule has 9 heteroatoms. The number of carbonyl (C=O) groups excluding carboxylic acids is 2. The highest BCUT2D eigenvalue weighted by atomic mass is 16.6. The van der Waals surface area contributed by atoms with Gasteiger partial charge in [0.15, 0.2) is 0 Å². The lowest BCUT2D eigenvalue weighted by Gasteiger charge is -2.28. The first kappa shape index (κ1) is 17.8. The summed E-state index contributed by atoms with van der Waals surface area (Å²) in [4.78, 5) is 40.0. The zero-order valence-corrected chi connectivity index (χ0v) is 14.7. The van der Waals surface area contributed by atoms with Gasteiger partial charge in [-0.15, -0.1) is 0 Å². The number of imide groups is 1. The summed E-state index contributed by atoms with van der Waals surface area (Å²) < 4.78 is 10.6. The molecule has 2 amide bonds. The van der Waals surface area contributed by atoms with Gasteiger partial charge in [0.2, 0.25) is 0 Å². The lowest BCUT2D eigenvalue weighted by atomic mass is 9.89. The minimum Gasteiger partial charge on any atom is -0.443 e. The number of carbonyl (C=O) groups is 2. The predicted molar refractivity (Wildman–Crippen MR) is 90.2 cm³/mol. The van der Waals surface area contributed by atoms with Crippen molar-refractivity contribution in [3.05, 3.63) is 40.2 Å². The quantitative estimate of drug-likeness (QED) is 0.587. The number of pyridine rings is 1. The van der Waals surface area contributed by atoms with E-state index in [0.717, 1.165) is 4.90 Å². The molecule has 0 radical (unpaired) electrons. The Bertz CT molecular complexity index is 798. The van der Waals surface area contributed by atoms with E-state index in [1.54, 1.807) is 32.9 Å². The van der Waals surface area contributed by atoms with Crippen LogP contribution in [0.4, 0.5) is 15.3 Å². The van der Waals surface area contributed by atoms with Crippen LogP contribution in [-0.4, -0.2) is 44.7 Å². The number of amides is 2. The van der Waals surface area contributed by atoms with Gasteiger partial charge in [-0.3, -0.25) is 15.1 Å². The highest BCUT2D eigenvalue weighted by molar-refractivity contribution is 5.91. The molecule has 0 N–H and O–H groups in total. The second-order valence-corrected chi connectivity index (χ2v) is 7.14. The molecule has 2 heterocycles. The van der Waals surface area contributed by atoms with Gasteiger partial charge in [0.05, 0.1) is 10.5 Å². The molecule has 3 rings (SSSR count). The van der Waals surface area contributed by atoms with Crippen molar-refractivity contribution in [3.63, 3.8) is 0 Å². The van der Waals surface area contributed by atoms with Crippen molar-refractivity contribution >= 4 is 23.4 Å². The first-order valence-corrected chi connectivity index (χ1v) is 8.19. The molecule has 0 bridgehead atoms. The third-order valence-corrected chi connectivity index (χ3v) is 4.13. The lowest BCUT2D eigenvalue weighted by Crippen LogP contribution is -2.44. The van der Waals surface area contributed by atoms with Crippen molar-refractivity contribution in [2.75, 3.05) is 0 Å². The minimum absolute atomic E-state index is 0.119. The number of ether oxygens (including phenoxy) is 2. The summed E-state index contributed by atoms with van der Waals surface area (Å²) in [5.74, 6) is 0. The summed E-state index contributed by atoms with van der Waals surface area (Å²) in [7, 11) is 0. The van der Waals surface area contributed by atoms with Gasteiger partial charge >= 0.3 is 12.2 Å². The molecule has 1 fully saturated rings. The van der Waals surface area contributed by atoms with E-state index in [-0.39, 0.29) is 5.69 Å². The maximum absolute atomic E-state index is 12.4. The predicted octanol–water partition coefficient (Wildman–Crippen LogP) is 3.29. The summed E-state index contributed by atoms with van der Waals surface area (Å²) >= 11 is 0. The van der Waals surface area contributed by atoms with Crippen LogP contribution in [0.25, 0.3) is 5.57 Å². The minimum atomic E-state index is -0.795. The number of allylic oxidation sites excluding steroid dienone is 1. The Morgan fingerprint density at radius 3 is 2.85 bits per heavy atom. The molecule has 2 atom stereocenters. The maximum Gasteiger partial charge on any atom is 0.420 e. The summed E-state index contributed by atoms with van der Waals surface area (Å²) in [6.45, 7) is 5.10. The average Bonchev–Trinajstić information content (AvgIpc) is 2.88. The Hall–Kier alpha value is -2.97. The fourth-order valence-electron chi connectivity index (χ4n) is 3.08. The molecule has 1 aliphatic carbocycles. The molecule has 138 valence electrons. The number of fused-ring (bicyclic) bond motifs is 1. The van der Waals surface area contributed by atoms with Gasteiger partial charge in [-0.2, -0.15) is 0 Å². The molecule has 0 saturated carbocycles. The first-order chi connectivity index (χ1) is 12.2. The number of rotatable bonds is 2. The van der Waals surface area contributed by atoms with E-state index in [2.05, 4.69) is 4.98 Å². The van der Waals surface area contributed by atoms with Gasteiger partial charge in [-0.05, 0) is 45.3 Å². The van der Waals surface area contributed by atoms with E-state index in [1.165, 1.54) is 12.4 Å². The van der Waals surface area contributed by atoms with Crippen molar-refractivity contribution in [2.24, 2.45) is 0 Å². The van der Waals surface area contributed by atoms with Gasteiger partial charge in [-0.1, -0.05) is 6.08 Å². The lowest BCUT2D eigenvalue weighted by molar-refractivity contribution is -0.385. The standard InChI is InChI=1S/C17H19N3O6/c1-17(2,3)26-16(22)19-12-8-10(4-5-14(12)25-15(19)21)11-6-7-18-9-13(11)20(23)24/h6-9,12,14H,4-5H2,1-3H3/t12-,14+/m1/s1. The normalized spacial score (nSPS) is 22.3. The van der Waals surface area contributed by atoms with Crippen LogP contribution in [0.5, 0.6) is 0 Å². The van der Waals surface area contributed by atoms with Crippen LogP contribution in [0.15, 0.2) is 24.5 Å². The van der Waals surface area contributed by atoms with Crippen LogP contribution in [-0.2, 0) is 9.47 Å². The molecule has 1 saturated heterocycles. The summed E-state index contributed by atoms with van der Waals surface area (Å²) in [6, 6.07) is 0.897. The molecule has 1 aliphatic heterocycles. The summed E-state index contributed by atoms with van der Waals surface area (Å²) in [5.41, 5.74) is 0.214. The number of hydrogen-bond donors (Lipinski definition) is 0. The number of nitro groups is 1. The SMILES string of the molecule is CC(C)(C)OC(=O)N1C(=O)O[C@H]2CCC(c3ccncc3[N+](=O)[O-])=C[C@H]21. The Morgan fingerprint density at radius 1 is 1.46 bits per heavy atom. The molecular formula is C17H19N3O6. The molecule has 1 aromatic heterocycles. The molecule has 9 nitrogen and oxygen atoms in total. The van der Waals surface area contributed by atoms with Crippen molar-refractivity contribution < 1.29 is 24.0 Å². The molecule has 0 aromatic carbocycles. The van der Waals surface area contributed by atoms with Crippen LogP contribution < -0.4 is 0 Å². The van der Waals surface area contributed by atoms with E-state index >= 15 is 0 Å². The smallest absolute Gasteiger partial charge is 0.420 e. The topological polar surface area (TPSA) is 112 Å². The monoisotopic (exact) mass is 361 g/mol. The van der Waals surface area contributed by atoms with Crippen LogP contribution in [0.3, 0.4) is 0 Å². The fraction of sp³-hybridized carbons (Fsp3) is 0.471. The first-order valence-electron chi connectivity index (χ1n) is 8.19. The van der Waals surface area contributed by atoms with Crippen molar-refractivity contribution in [3.8, 4) is 0 Å². The molecular weight excluding hydrogens is 342 g/mol. The molecule has 26 heavy (non-hydrogen) atoms. The number of hydrogen-bond acceptors (Lipinski definition) is 7. The zero-order valence-electron chi connectivity index (χ0n) is 14.7. The molecule has 2 aliphatic rings. The van der Waals surface area contributed by atoms with Gasteiger partial charge in [0.1, 0.15) is 23.9 Å². The fourth-order valence-corrected chi connectivity index (χ4v) is 3.08. The number of nitrogens with zero attached hydrogens (tertiary/aromatic N) is 3. The van der Waals surface area contributed by atoms with E-state index in [9.17, 15) is 19.7 Å². The van der Waals surface area contributed by atoms with Gasteiger partial charge in [-0.25, -0.2) is 14.5 Å². The Balaban J connectivity index is 1.95.